The average molecular weight is 459 g/mol. The number of hydrogen-bond donors (Lipinski definition) is 2. The highest BCUT2D eigenvalue weighted by Gasteiger charge is 2.15. The van der Waals surface area contributed by atoms with Gasteiger partial charge in [-0.3, -0.25) is 4.79 Å². The van der Waals surface area contributed by atoms with Crippen molar-refractivity contribution in [3.8, 4) is 17.1 Å². The summed E-state index contributed by atoms with van der Waals surface area (Å²) in [6, 6.07) is 10.2. The summed E-state index contributed by atoms with van der Waals surface area (Å²) in [5.41, 5.74) is 1.14. The number of thioether (sulfide) groups is 1. The van der Waals surface area contributed by atoms with Crippen LogP contribution in [-0.4, -0.2) is 33.6 Å². The van der Waals surface area contributed by atoms with Crippen molar-refractivity contribution in [2.75, 3.05) is 24.0 Å². The van der Waals surface area contributed by atoms with Gasteiger partial charge in [-0.1, -0.05) is 46.6 Å². The molecule has 2 aromatic carbocycles. The van der Waals surface area contributed by atoms with Crippen molar-refractivity contribution in [3.05, 3.63) is 51.5 Å². The van der Waals surface area contributed by atoms with Crippen LogP contribution in [0.4, 0.5) is 5.69 Å². The molecule has 0 saturated heterocycles. The first-order valence-electron chi connectivity index (χ1n) is 7.81. The van der Waals surface area contributed by atoms with E-state index in [1.165, 1.54) is 16.8 Å². The molecule has 3 N–H and O–H groups in total. The number of nitrogens with one attached hydrogen (secondary N) is 1. The van der Waals surface area contributed by atoms with Crippen LogP contribution in [0.1, 0.15) is 0 Å². The number of halogens is 3. The highest BCUT2D eigenvalue weighted by atomic mass is 35.5. The zero-order valence-electron chi connectivity index (χ0n) is 14.4. The molecule has 0 aliphatic carbocycles. The minimum Gasteiger partial charge on any atom is -0.497 e. The molecular formula is C17H14Cl3N5O2S. The summed E-state index contributed by atoms with van der Waals surface area (Å²) in [4.78, 5) is 12.2. The molecule has 146 valence electrons. The number of hydrogen-bond acceptors (Lipinski definition) is 6. The van der Waals surface area contributed by atoms with Gasteiger partial charge in [-0.05, 0) is 36.4 Å². The molecule has 0 atom stereocenters. The van der Waals surface area contributed by atoms with Crippen LogP contribution in [0.25, 0.3) is 11.4 Å². The maximum atomic E-state index is 12.2. The van der Waals surface area contributed by atoms with E-state index in [1.807, 2.05) is 12.1 Å². The van der Waals surface area contributed by atoms with Crippen molar-refractivity contribution in [2.24, 2.45) is 0 Å². The van der Waals surface area contributed by atoms with Crippen molar-refractivity contribution in [1.29, 1.82) is 0 Å². The molecule has 0 saturated carbocycles. The molecule has 0 radical (unpaired) electrons. The Kier molecular flexibility index (Phi) is 6.56. The second-order valence-corrected chi connectivity index (χ2v) is 7.65. The summed E-state index contributed by atoms with van der Waals surface area (Å²) in [5, 5.41) is 12.1. The molecule has 7 nitrogen and oxygen atoms in total. The molecule has 3 rings (SSSR count). The molecule has 1 amide bonds. The van der Waals surface area contributed by atoms with Crippen molar-refractivity contribution >= 4 is 58.2 Å². The lowest BCUT2D eigenvalue weighted by molar-refractivity contribution is -0.113. The fourth-order valence-corrected chi connectivity index (χ4v) is 3.50. The third kappa shape index (κ3) is 4.64. The maximum Gasteiger partial charge on any atom is 0.234 e. The highest BCUT2D eigenvalue weighted by Crippen LogP contribution is 2.32. The van der Waals surface area contributed by atoms with Crippen LogP contribution >= 0.6 is 46.6 Å². The molecule has 0 fully saturated rings. The van der Waals surface area contributed by atoms with E-state index in [-0.39, 0.29) is 16.7 Å². The Morgan fingerprint density at radius 3 is 2.50 bits per heavy atom. The third-order valence-corrected chi connectivity index (χ3v) is 5.61. The summed E-state index contributed by atoms with van der Waals surface area (Å²) < 4.78 is 6.45. The molecule has 11 heteroatoms. The van der Waals surface area contributed by atoms with E-state index in [0.29, 0.717) is 26.7 Å². The molecule has 28 heavy (non-hydrogen) atoms. The fraction of sp³-hybridized carbons (Fsp3) is 0.118. The normalized spacial score (nSPS) is 10.7. The summed E-state index contributed by atoms with van der Waals surface area (Å²) in [6.45, 7) is 0. The topological polar surface area (TPSA) is 95.1 Å². The molecule has 0 aliphatic heterocycles. The first kappa shape index (κ1) is 20.6. The second kappa shape index (κ2) is 8.91. The standard InChI is InChI=1S/C17H14Cl3N5O2S/c1-27-10-4-2-9(3-5-10)16-23-24-17(25(16)21)28-8-15(26)22-14-7-12(19)11(18)6-13(14)20/h2-7H,8,21H2,1H3,(H,22,26). The van der Waals surface area contributed by atoms with Gasteiger partial charge in [0.1, 0.15) is 5.75 Å². The number of nitrogen functional groups attached to an aromatic ring is 1. The van der Waals surface area contributed by atoms with Gasteiger partial charge in [0.2, 0.25) is 11.1 Å². The number of ether oxygens (including phenoxy) is 1. The first-order valence-corrected chi connectivity index (χ1v) is 9.93. The molecule has 0 aliphatic rings. The first-order chi connectivity index (χ1) is 13.4. The van der Waals surface area contributed by atoms with E-state index in [1.54, 1.807) is 19.2 Å². The Morgan fingerprint density at radius 2 is 1.82 bits per heavy atom. The van der Waals surface area contributed by atoms with Crippen LogP contribution < -0.4 is 15.9 Å². The number of aromatic nitrogens is 3. The van der Waals surface area contributed by atoms with E-state index in [4.69, 9.17) is 45.4 Å². The smallest absolute Gasteiger partial charge is 0.234 e. The SMILES string of the molecule is COc1ccc(-c2nnc(SCC(=O)Nc3cc(Cl)c(Cl)cc3Cl)n2N)cc1. The van der Waals surface area contributed by atoms with Crippen LogP contribution in [0.5, 0.6) is 5.75 Å². The van der Waals surface area contributed by atoms with Crippen molar-refractivity contribution in [1.82, 2.24) is 14.9 Å². The summed E-state index contributed by atoms with van der Waals surface area (Å²) in [7, 11) is 1.59. The van der Waals surface area contributed by atoms with Gasteiger partial charge >= 0.3 is 0 Å². The number of rotatable bonds is 6. The molecule has 1 heterocycles. The molecular weight excluding hydrogens is 445 g/mol. The molecule has 0 spiro atoms. The molecule has 0 unspecified atom stereocenters. The van der Waals surface area contributed by atoms with Gasteiger partial charge in [0.05, 0.1) is 33.6 Å². The van der Waals surface area contributed by atoms with E-state index in [2.05, 4.69) is 15.5 Å². The molecule has 1 aromatic heterocycles. The Labute approximate surface area is 180 Å². The number of nitrogens with two attached hydrogens (primary N) is 1. The van der Waals surface area contributed by atoms with Crippen LogP contribution in [0.15, 0.2) is 41.6 Å². The minimum atomic E-state index is -0.306. The lowest BCUT2D eigenvalue weighted by Crippen LogP contribution is -2.16. The van der Waals surface area contributed by atoms with Gasteiger partial charge < -0.3 is 15.9 Å². The number of carbonyl (C=O) groups excluding carboxylic acids is 1. The largest absolute Gasteiger partial charge is 0.497 e. The van der Waals surface area contributed by atoms with Gasteiger partial charge in [-0.2, -0.15) is 0 Å². The number of nitrogens with zero attached hydrogens (tertiary/aromatic N) is 3. The number of carbonyl (C=O) groups is 1. The van der Waals surface area contributed by atoms with E-state index < -0.39 is 0 Å². The van der Waals surface area contributed by atoms with E-state index >= 15 is 0 Å². The Balaban J connectivity index is 1.65. The summed E-state index contributed by atoms with van der Waals surface area (Å²) in [6.07, 6.45) is 0. The number of amides is 1. The minimum absolute atomic E-state index is 0.0501. The van der Waals surface area contributed by atoms with Gasteiger partial charge in [0, 0.05) is 5.56 Å². The van der Waals surface area contributed by atoms with E-state index in [9.17, 15) is 4.79 Å². The van der Waals surface area contributed by atoms with Crippen LogP contribution in [0, 0.1) is 0 Å². The van der Waals surface area contributed by atoms with Crippen molar-refractivity contribution < 1.29 is 9.53 Å². The van der Waals surface area contributed by atoms with Crippen molar-refractivity contribution in [3.63, 3.8) is 0 Å². The lowest BCUT2D eigenvalue weighted by atomic mass is 10.2. The Hall–Kier alpha value is -2.13. The zero-order chi connectivity index (χ0) is 20.3. The van der Waals surface area contributed by atoms with Crippen LogP contribution in [0.2, 0.25) is 15.1 Å². The van der Waals surface area contributed by atoms with Crippen LogP contribution in [0.3, 0.4) is 0 Å². The predicted molar refractivity (Wildman–Crippen MR) is 113 cm³/mol. The van der Waals surface area contributed by atoms with Crippen LogP contribution in [-0.2, 0) is 4.79 Å². The quantitative estimate of drug-likeness (QED) is 0.324. The fourth-order valence-electron chi connectivity index (χ4n) is 2.25. The predicted octanol–water partition coefficient (Wildman–Crippen LogP) is 4.36. The lowest BCUT2D eigenvalue weighted by Gasteiger charge is -2.08. The Bertz CT molecular complexity index is 1010. The van der Waals surface area contributed by atoms with Gasteiger partial charge in [0.25, 0.3) is 0 Å². The monoisotopic (exact) mass is 457 g/mol. The van der Waals surface area contributed by atoms with Gasteiger partial charge in [-0.15, -0.1) is 10.2 Å². The summed E-state index contributed by atoms with van der Waals surface area (Å²) in [5.74, 6) is 7.00. The van der Waals surface area contributed by atoms with E-state index in [0.717, 1.165) is 23.1 Å². The average Bonchev–Trinajstić information content (AvgIpc) is 3.05. The Morgan fingerprint density at radius 1 is 1.14 bits per heavy atom. The van der Waals surface area contributed by atoms with Crippen molar-refractivity contribution in [2.45, 2.75) is 5.16 Å². The number of anilines is 1. The number of methoxy groups -OCH3 is 1. The maximum absolute atomic E-state index is 12.2. The van der Waals surface area contributed by atoms with Gasteiger partial charge in [-0.25, -0.2) is 4.68 Å². The zero-order valence-corrected chi connectivity index (χ0v) is 17.5. The number of benzene rings is 2. The third-order valence-electron chi connectivity index (χ3n) is 3.63. The highest BCUT2D eigenvalue weighted by molar-refractivity contribution is 7.99. The van der Waals surface area contributed by atoms with Gasteiger partial charge in [0.15, 0.2) is 5.82 Å². The molecule has 3 aromatic rings. The second-order valence-electron chi connectivity index (χ2n) is 5.49. The summed E-state index contributed by atoms with van der Waals surface area (Å²) >= 11 is 19.0. The molecule has 0 bridgehead atoms.